The first-order valence-electron chi connectivity index (χ1n) is 7.53. The highest BCUT2D eigenvalue weighted by Gasteiger charge is 2.20. The highest BCUT2D eigenvalue weighted by atomic mass is 79.9. The van der Waals surface area contributed by atoms with Crippen LogP contribution in [0.15, 0.2) is 15.8 Å². The first kappa shape index (κ1) is 17.0. The van der Waals surface area contributed by atoms with Crippen molar-refractivity contribution in [2.24, 2.45) is 4.99 Å². The quantitative estimate of drug-likeness (QED) is 0.420. The van der Waals surface area contributed by atoms with Crippen molar-refractivity contribution >= 4 is 29.8 Å². The highest BCUT2D eigenvalue weighted by molar-refractivity contribution is 9.11. The number of morpholine rings is 1. The van der Waals surface area contributed by atoms with Crippen LogP contribution in [0.1, 0.15) is 0 Å². The molecule has 2 rings (SSSR count). The molecule has 21 heavy (non-hydrogen) atoms. The summed E-state index contributed by atoms with van der Waals surface area (Å²) >= 11 is 3.50. The maximum Gasteiger partial charge on any atom is 0.125 e. The fourth-order valence-corrected chi connectivity index (χ4v) is 3.45. The average molecular weight is 376 g/mol. The predicted molar refractivity (Wildman–Crippen MR) is 92.5 cm³/mol. The van der Waals surface area contributed by atoms with E-state index < -0.39 is 8.07 Å². The van der Waals surface area contributed by atoms with Crippen molar-refractivity contribution in [2.45, 2.75) is 25.7 Å². The Bertz CT molecular complexity index is 404. The molecule has 1 fully saturated rings. The summed E-state index contributed by atoms with van der Waals surface area (Å²) in [6, 6.07) is 1.20. The van der Waals surface area contributed by atoms with Gasteiger partial charge in [0.1, 0.15) is 17.2 Å². The van der Waals surface area contributed by atoms with Crippen LogP contribution in [0.4, 0.5) is 0 Å². The number of amidine groups is 1. The van der Waals surface area contributed by atoms with E-state index in [0.717, 1.165) is 49.9 Å². The number of hydrogen-bond donors (Lipinski definition) is 0. The summed E-state index contributed by atoms with van der Waals surface area (Å²) in [5.74, 6) is 1.10. The van der Waals surface area contributed by atoms with E-state index in [9.17, 15) is 0 Å². The maximum absolute atomic E-state index is 5.83. The van der Waals surface area contributed by atoms with Gasteiger partial charge in [0.05, 0.1) is 19.8 Å². The Hall–Kier alpha value is -0.373. The Kier molecular flexibility index (Phi) is 6.28. The molecule has 0 aromatic heterocycles. The maximum atomic E-state index is 5.83. The smallest absolute Gasteiger partial charge is 0.125 e. The Labute approximate surface area is 137 Å². The van der Waals surface area contributed by atoms with Gasteiger partial charge in [-0.05, 0) is 22.0 Å². The molecule has 0 N–H and O–H groups in total. The van der Waals surface area contributed by atoms with E-state index in [0.29, 0.717) is 6.73 Å². The van der Waals surface area contributed by atoms with Gasteiger partial charge in [0.25, 0.3) is 0 Å². The second kappa shape index (κ2) is 7.76. The normalized spacial score (nSPS) is 20.4. The molecular weight excluding hydrogens is 350 g/mol. The summed E-state index contributed by atoms with van der Waals surface area (Å²) in [5.41, 5.74) is 0. The van der Waals surface area contributed by atoms with E-state index in [1.807, 2.05) is 6.20 Å². The zero-order valence-electron chi connectivity index (χ0n) is 13.3. The highest BCUT2D eigenvalue weighted by Crippen LogP contribution is 2.17. The minimum Gasteiger partial charge on any atom is -0.378 e. The zero-order valence-corrected chi connectivity index (χ0v) is 15.9. The summed E-state index contributed by atoms with van der Waals surface area (Å²) in [4.78, 5) is 9.07. The molecule has 2 aliphatic heterocycles. The van der Waals surface area contributed by atoms with Crippen LogP contribution in [0.2, 0.25) is 25.7 Å². The van der Waals surface area contributed by atoms with E-state index in [2.05, 4.69) is 50.4 Å². The van der Waals surface area contributed by atoms with E-state index in [-0.39, 0.29) is 0 Å². The second-order valence-corrected chi connectivity index (χ2v) is 13.1. The van der Waals surface area contributed by atoms with Crippen LogP contribution < -0.4 is 0 Å². The van der Waals surface area contributed by atoms with Gasteiger partial charge in [-0.3, -0.25) is 0 Å². The summed E-state index contributed by atoms with van der Waals surface area (Å²) in [5, 5.41) is 0. The SMILES string of the molecule is C[Si](C)(C)CCOCN1C=C(Br)N=C(N2CCOCC2)C1. The third kappa shape index (κ3) is 6.10. The van der Waals surface area contributed by atoms with Gasteiger partial charge in [-0.15, -0.1) is 0 Å². The van der Waals surface area contributed by atoms with Gasteiger partial charge < -0.3 is 19.3 Å². The lowest BCUT2D eigenvalue weighted by Crippen LogP contribution is -2.46. The van der Waals surface area contributed by atoms with Gasteiger partial charge in [-0.2, -0.15) is 0 Å². The predicted octanol–water partition coefficient (Wildman–Crippen LogP) is 2.54. The topological polar surface area (TPSA) is 37.3 Å². The van der Waals surface area contributed by atoms with Gasteiger partial charge in [0.15, 0.2) is 0 Å². The van der Waals surface area contributed by atoms with Crippen molar-refractivity contribution in [1.29, 1.82) is 0 Å². The first-order chi connectivity index (χ1) is 9.94. The zero-order chi connectivity index (χ0) is 15.3. The minimum absolute atomic E-state index is 0.628. The van der Waals surface area contributed by atoms with E-state index >= 15 is 0 Å². The summed E-state index contributed by atoms with van der Waals surface area (Å²) in [6.07, 6.45) is 2.01. The van der Waals surface area contributed by atoms with Gasteiger partial charge >= 0.3 is 0 Å². The Balaban J connectivity index is 1.79. The summed E-state index contributed by atoms with van der Waals surface area (Å²) in [7, 11) is -1.01. The molecule has 0 atom stereocenters. The van der Waals surface area contributed by atoms with E-state index in [1.54, 1.807) is 0 Å². The lowest BCUT2D eigenvalue weighted by molar-refractivity contribution is 0.0560. The van der Waals surface area contributed by atoms with Crippen LogP contribution in [0.5, 0.6) is 0 Å². The third-order valence-electron chi connectivity index (χ3n) is 3.50. The molecule has 0 saturated carbocycles. The number of hydrogen-bond acceptors (Lipinski definition) is 5. The average Bonchev–Trinajstić information content (AvgIpc) is 2.43. The van der Waals surface area contributed by atoms with Crippen LogP contribution in [-0.4, -0.2) is 69.9 Å². The number of rotatable bonds is 5. The van der Waals surface area contributed by atoms with Crippen molar-refractivity contribution in [1.82, 2.24) is 9.80 Å². The van der Waals surface area contributed by atoms with Crippen molar-refractivity contribution in [3.63, 3.8) is 0 Å². The Morgan fingerprint density at radius 1 is 1.33 bits per heavy atom. The molecule has 0 aliphatic carbocycles. The number of nitrogens with zero attached hydrogens (tertiary/aromatic N) is 3. The fourth-order valence-electron chi connectivity index (χ4n) is 2.20. The lowest BCUT2D eigenvalue weighted by atomic mass is 10.3. The fraction of sp³-hybridized carbons (Fsp3) is 0.786. The number of aliphatic imine (C=N–C) groups is 1. The molecule has 0 aromatic rings. The molecule has 120 valence electrons. The molecule has 0 bridgehead atoms. The second-order valence-electron chi connectivity index (χ2n) is 6.67. The lowest BCUT2D eigenvalue weighted by Gasteiger charge is -2.34. The molecule has 0 aromatic carbocycles. The summed E-state index contributed by atoms with van der Waals surface area (Å²) in [6.45, 7) is 12.8. The molecule has 2 heterocycles. The van der Waals surface area contributed by atoms with E-state index in [1.165, 1.54) is 6.04 Å². The van der Waals surface area contributed by atoms with Crippen molar-refractivity contribution in [3.05, 3.63) is 10.8 Å². The van der Waals surface area contributed by atoms with Gasteiger partial charge in [-0.25, -0.2) is 4.99 Å². The first-order valence-corrected chi connectivity index (χ1v) is 12.0. The van der Waals surface area contributed by atoms with Crippen LogP contribution in [-0.2, 0) is 9.47 Å². The van der Waals surface area contributed by atoms with Crippen LogP contribution in [0.3, 0.4) is 0 Å². The molecule has 0 unspecified atom stereocenters. The molecule has 0 spiro atoms. The van der Waals surface area contributed by atoms with Crippen LogP contribution >= 0.6 is 15.9 Å². The molecule has 7 heteroatoms. The molecule has 5 nitrogen and oxygen atoms in total. The van der Waals surface area contributed by atoms with Crippen LogP contribution in [0, 0.1) is 0 Å². The van der Waals surface area contributed by atoms with Gasteiger partial charge in [0, 0.05) is 34.0 Å². The van der Waals surface area contributed by atoms with Crippen LogP contribution in [0.25, 0.3) is 0 Å². The van der Waals surface area contributed by atoms with Crippen molar-refractivity contribution in [3.8, 4) is 0 Å². The molecule has 0 radical (unpaired) electrons. The molecule has 1 saturated heterocycles. The number of halogens is 1. The summed E-state index contributed by atoms with van der Waals surface area (Å²) < 4.78 is 12.1. The Morgan fingerprint density at radius 2 is 2.05 bits per heavy atom. The molecule has 0 amide bonds. The largest absolute Gasteiger partial charge is 0.378 e. The number of ether oxygens (including phenoxy) is 2. The van der Waals surface area contributed by atoms with E-state index in [4.69, 9.17) is 9.47 Å². The van der Waals surface area contributed by atoms with Gasteiger partial charge in [-0.1, -0.05) is 19.6 Å². The van der Waals surface area contributed by atoms with Crippen molar-refractivity contribution in [2.75, 3.05) is 46.2 Å². The molecule has 2 aliphatic rings. The van der Waals surface area contributed by atoms with Crippen molar-refractivity contribution < 1.29 is 9.47 Å². The van der Waals surface area contributed by atoms with Gasteiger partial charge in [0.2, 0.25) is 0 Å². The third-order valence-corrected chi connectivity index (χ3v) is 5.59. The minimum atomic E-state index is -1.01. The Morgan fingerprint density at radius 3 is 2.71 bits per heavy atom. The molecular formula is C14H26BrN3O2Si. The monoisotopic (exact) mass is 375 g/mol. The standard InChI is InChI=1S/C14H26BrN3O2Si/c1-21(2,3)9-8-20-12-17-10-13(15)16-14(11-17)18-4-6-19-7-5-18/h10H,4-9,11-12H2,1-3H3.